The molecule has 0 spiro atoms. The van der Waals surface area contributed by atoms with Gasteiger partial charge < -0.3 is 9.47 Å². The van der Waals surface area contributed by atoms with Gasteiger partial charge in [-0.05, 0) is 55.2 Å². The minimum Gasteiger partial charge on any atom is -0.492 e. The second-order valence-electron chi connectivity index (χ2n) is 8.05. The highest BCUT2D eigenvalue weighted by atomic mass is 16.5. The van der Waals surface area contributed by atoms with Crippen LogP contribution in [0, 0.1) is 5.92 Å². The Kier molecular flexibility index (Phi) is 11.0. The molecule has 0 radical (unpaired) electrons. The topological polar surface area (TPSA) is 48.4 Å². The molecular weight excluding hydrogens is 374 g/mol. The van der Waals surface area contributed by atoms with Crippen LogP contribution in [0.15, 0.2) is 42.6 Å². The number of benzene rings is 1. The molecule has 0 fully saturated rings. The van der Waals surface area contributed by atoms with Crippen LogP contribution in [0.25, 0.3) is 11.3 Å². The number of nitrogens with zero attached hydrogens (tertiary/aromatic N) is 1. The lowest BCUT2D eigenvalue weighted by molar-refractivity contribution is -0.134. The number of aromatic nitrogens is 1. The first kappa shape index (κ1) is 23.9. The van der Waals surface area contributed by atoms with Gasteiger partial charge in [-0.3, -0.25) is 9.78 Å². The average molecular weight is 412 g/mol. The Morgan fingerprint density at radius 1 is 0.933 bits per heavy atom. The van der Waals surface area contributed by atoms with Gasteiger partial charge in [0, 0.05) is 12.0 Å². The lowest BCUT2D eigenvalue weighted by Gasteiger charge is -2.09. The van der Waals surface area contributed by atoms with Crippen LogP contribution >= 0.6 is 0 Å². The molecule has 1 aromatic carbocycles. The summed E-state index contributed by atoms with van der Waals surface area (Å²) in [4.78, 5) is 16.5. The Bertz CT molecular complexity index is 725. The van der Waals surface area contributed by atoms with Crippen LogP contribution in [0.5, 0.6) is 11.5 Å². The third-order valence-corrected chi connectivity index (χ3v) is 5.42. The van der Waals surface area contributed by atoms with Crippen molar-refractivity contribution in [3.63, 3.8) is 0 Å². The predicted octanol–water partition coefficient (Wildman–Crippen LogP) is 7.22. The molecule has 0 bridgehead atoms. The van der Waals surface area contributed by atoms with Crippen molar-refractivity contribution >= 4 is 5.97 Å². The third kappa shape index (κ3) is 8.98. The van der Waals surface area contributed by atoms with Gasteiger partial charge in [-0.2, -0.15) is 0 Å². The number of unbranched alkanes of at least 4 members (excludes halogenated alkanes) is 5. The SMILES string of the molecule is CCCCCCCCOc1ccc(-c2ccc(OC(=O)CCC(C)CC)cc2)nc1. The van der Waals surface area contributed by atoms with Gasteiger partial charge >= 0.3 is 5.97 Å². The van der Waals surface area contributed by atoms with E-state index < -0.39 is 0 Å². The maximum absolute atomic E-state index is 12.0. The first-order valence-corrected chi connectivity index (χ1v) is 11.5. The molecule has 0 amide bonds. The van der Waals surface area contributed by atoms with Crippen LogP contribution in [-0.4, -0.2) is 17.6 Å². The fourth-order valence-electron chi connectivity index (χ4n) is 3.15. The minimum absolute atomic E-state index is 0.173. The number of hydrogen-bond acceptors (Lipinski definition) is 4. The summed E-state index contributed by atoms with van der Waals surface area (Å²) in [7, 11) is 0. The van der Waals surface area contributed by atoms with E-state index in [1.54, 1.807) is 6.20 Å². The summed E-state index contributed by atoms with van der Waals surface area (Å²) < 4.78 is 11.2. The Labute approximate surface area is 182 Å². The minimum atomic E-state index is -0.173. The van der Waals surface area contributed by atoms with Crippen LogP contribution < -0.4 is 9.47 Å². The van der Waals surface area contributed by atoms with Crippen molar-refractivity contribution in [3.05, 3.63) is 42.6 Å². The summed E-state index contributed by atoms with van der Waals surface area (Å²) in [6.07, 6.45) is 11.7. The van der Waals surface area contributed by atoms with Crippen LogP contribution in [0.1, 0.15) is 78.6 Å². The van der Waals surface area contributed by atoms with E-state index in [2.05, 4.69) is 25.8 Å². The monoisotopic (exact) mass is 411 g/mol. The molecule has 164 valence electrons. The molecule has 1 unspecified atom stereocenters. The summed E-state index contributed by atoms with van der Waals surface area (Å²) in [6, 6.07) is 11.4. The van der Waals surface area contributed by atoms with Crippen LogP contribution in [-0.2, 0) is 4.79 Å². The normalized spacial score (nSPS) is 11.8. The standard InChI is InChI=1S/C26H37NO3/c1-4-6-7-8-9-10-19-29-24-16-17-25(27-20-24)22-12-14-23(15-13-22)30-26(28)18-11-21(3)5-2/h12-17,20-21H,4-11,18-19H2,1-3H3. The Balaban J connectivity index is 1.76. The van der Waals surface area contributed by atoms with Gasteiger partial charge in [-0.1, -0.05) is 59.3 Å². The summed E-state index contributed by atoms with van der Waals surface area (Å²) in [5.74, 6) is 1.75. The van der Waals surface area contributed by atoms with Crippen molar-refractivity contribution in [1.29, 1.82) is 0 Å². The molecule has 30 heavy (non-hydrogen) atoms. The van der Waals surface area contributed by atoms with Crippen LogP contribution in [0.2, 0.25) is 0 Å². The first-order valence-electron chi connectivity index (χ1n) is 11.5. The van der Waals surface area contributed by atoms with Gasteiger partial charge in [0.15, 0.2) is 0 Å². The molecule has 0 N–H and O–H groups in total. The third-order valence-electron chi connectivity index (χ3n) is 5.42. The molecule has 0 saturated heterocycles. The van der Waals surface area contributed by atoms with E-state index in [9.17, 15) is 4.79 Å². The average Bonchev–Trinajstić information content (AvgIpc) is 2.78. The fraction of sp³-hybridized carbons (Fsp3) is 0.538. The molecule has 1 aromatic heterocycles. The maximum Gasteiger partial charge on any atom is 0.311 e. The van der Waals surface area contributed by atoms with Gasteiger partial charge in [0.25, 0.3) is 0 Å². The van der Waals surface area contributed by atoms with E-state index in [-0.39, 0.29) is 5.97 Å². The highest BCUT2D eigenvalue weighted by Gasteiger charge is 2.08. The molecule has 4 heteroatoms. The number of ether oxygens (including phenoxy) is 2. The van der Waals surface area contributed by atoms with Gasteiger partial charge in [-0.15, -0.1) is 0 Å². The zero-order valence-electron chi connectivity index (χ0n) is 18.9. The Hall–Kier alpha value is -2.36. The molecule has 2 aromatic rings. The number of rotatable bonds is 14. The quantitative estimate of drug-likeness (QED) is 0.187. The zero-order chi connectivity index (χ0) is 21.6. The number of carbonyl (C=O) groups is 1. The van der Waals surface area contributed by atoms with E-state index in [4.69, 9.17) is 9.47 Å². The molecule has 0 saturated carbocycles. The van der Waals surface area contributed by atoms with E-state index >= 15 is 0 Å². The lowest BCUT2D eigenvalue weighted by Crippen LogP contribution is -2.09. The fourth-order valence-corrected chi connectivity index (χ4v) is 3.15. The molecule has 0 aliphatic heterocycles. The highest BCUT2D eigenvalue weighted by Crippen LogP contribution is 2.23. The van der Waals surface area contributed by atoms with Gasteiger partial charge in [0.1, 0.15) is 11.5 Å². The van der Waals surface area contributed by atoms with Crippen molar-refractivity contribution in [2.45, 2.75) is 78.6 Å². The van der Waals surface area contributed by atoms with E-state index in [1.807, 2.05) is 36.4 Å². The Morgan fingerprint density at radius 3 is 2.30 bits per heavy atom. The van der Waals surface area contributed by atoms with Crippen LogP contribution in [0.3, 0.4) is 0 Å². The van der Waals surface area contributed by atoms with Gasteiger partial charge in [0.05, 0.1) is 18.5 Å². The van der Waals surface area contributed by atoms with Gasteiger partial charge in [-0.25, -0.2) is 0 Å². The zero-order valence-corrected chi connectivity index (χ0v) is 18.9. The summed E-state index contributed by atoms with van der Waals surface area (Å²) in [6.45, 7) is 7.26. The van der Waals surface area contributed by atoms with Crippen molar-refractivity contribution in [2.75, 3.05) is 6.61 Å². The van der Waals surface area contributed by atoms with E-state index in [0.717, 1.165) is 42.9 Å². The maximum atomic E-state index is 12.0. The first-order chi connectivity index (χ1) is 14.6. The molecule has 0 aliphatic rings. The molecular formula is C26H37NO3. The predicted molar refractivity (Wildman–Crippen MR) is 123 cm³/mol. The summed E-state index contributed by atoms with van der Waals surface area (Å²) >= 11 is 0. The van der Waals surface area contributed by atoms with Crippen molar-refractivity contribution in [2.24, 2.45) is 5.92 Å². The Morgan fingerprint density at radius 2 is 1.63 bits per heavy atom. The lowest BCUT2D eigenvalue weighted by atomic mass is 10.0. The molecule has 1 heterocycles. The smallest absolute Gasteiger partial charge is 0.311 e. The number of carbonyl (C=O) groups excluding carboxylic acids is 1. The summed E-state index contributed by atoms with van der Waals surface area (Å²) in [5.41, 5.74) is 1.86. The van der Waals surface area contributed by atoms with Gasteiger partial charge in [0.2, 0.25) is 0 Å². The van der Waals surface area contributed by atoms with Crippen molar-refractivity contribution in [1.82, 2.24) is 4.98 Å². The number of esters is 1. The second-order valence-corrected chi connectivity index (χ2v) is 8.05. The van der Waals surface area contributed by atoms with Crippen LogP contribution in [0.4, 0.5) is 0 Å². The number of pyridine rings is 1. The second kappa shape index (κ2) is 13.8. The number of hydrogen-bond donors (Lipinski definition) is 0. The molecule has 2 rings (SSSR count). The summed E-state index contributed by atoms with van der Waals surface area (Å²) in [5, 5.41) is 0. The molecule has 1 atom stereocenters. The van der Waals surface area contributed by atoms with E-state index in [0.29, 0.717) is 18.1 Å². The largest absolute Gasteiger partial charge is 0.492 e. The highest BCUT2D eigenvalue weighted by molar-refractivity contribution is 5.72. The molecule has 4 nitrogen and oxygen atoms in total. The van der Waals surface area contributed by atoms with Crippen molar-refractivity contribution in [3.8, 4) is 22.8 Å². The van der Waals surface area contributed by atoms with Crippen molar-refractivity contribution < 1.29 is 14.3 Å². The van der Waals surface area contributed by atoms with E-state index in [1.165, 1.54) is 32.1 Å². The molecule has 0 aliphatic carbocycles.